The lowest BCUT2D eigenvalue weighted by molar-refractivity contribution is 0.892. The van der Waals surface area contributed by atoms with E-state index in [-0.39, 0.29) is 0 Å². The quantitative estimate of drug-likeness (QED) is 0.246. The van der Waals surface area contributed by atoms with Gasteiger partial charge in [-0.25, -0.2) is 4.68 Å². The fourth-order valence-electron chi connectivity index (χ4n) is 4.49. The van der Waals surface area contributed by atoms with Crippen LogP contribution < -0.4 is 4.90 Å². The first-order valence-corrected chi connectivity index (χ1v) is 12.1. The topological polar surface area (TPSA) is 21.1 Å². The number of hydrogen-bond acceptors (Lipinski definition) is 2. The Morgan fingerprint density at radius 3 is 1.42 bits per heavy atom. The fourth-order valence-corrected chi connectivity index (χ4v) is 4.49. The molecule has 0 unspecified atom stereocenters. The lowest BCUT2D eigenvalue weighted by atomic mass is 10.1. The van der Waals surface area contributed by atoms with Gasteiger partial charge in [-0.05, 0) is 54.6 Å². The van der Waals surface area contributed by atoms with E-state index in [1.54, 1.807) is 0 Å². The second kappa shape index (κ2) is 9.77. The summed E-state index contributed by atoms with van der Waals surface area (Å²) in [5, 5.41) is 5.02. The Morgan fingerprint density at radius 1 is 0.444 bits per heavy atom. The number of benzene rings is 5. The Hall–Kier alpha value is -4.89. The van der Waals surface area contributed by atoms with Gasteiger partial charge in [-0.15, -0.1) is 0 Å². The van der Waals surface area contributed by atoms with Gasteiger partial charge in [0, 0.05) is 28.2 Å². The molecule has 172 valence electrons. The van der Waals surface area contributed by atoms with Crippen LogP contribution in [0.2, 0.25) is 0 Å². The van der Waals surface area contributed by atoms with E-state index < -0.39 is 0 Å². The van der Waals surface area contributed by atoms with Crippen LogP contribution in [0.1, 0.15) is 0 Å². The standard InChI is InChI=1S/C33H25N3/c1-5-13-26(14-6-1)32-25-33(27-15-7-2-8-16-27)36(34-32)31-23-21-30(22-24-31)35(28-17-9-3-10-18-28)29-19-11-4-12-20-29/h1-25H. The zero-order chi connectivity index (χ0) is 24.2. The molecule has 0 aliphatic heterocycles. The molecule has 3 nitrogen and oxygen atoms in total. The fraction of sp³-hybridized carbons (Fsp3) is 0. The zero-order valence-corrected chi connectivity index (χ0v) is 19.8. The first-order chi connectivity index (χ1) is 17.9. The van der Waals surface area contributed by atoms with Crippen LogP contribution in [0.4, 0.5) is 17.1 Å². The molecule has 36 heavy (non-hydrogen) atoms. The molecule has 0 saturated carbocycles. The molecule has 0 aliphatic carbocycles. The van der Waals surface area contributed by atoms with Crippen LogP contribution in [0.3, 0.4) is 0 Å². The monoisotopic (exact) mass is 463 g/mol. The maximum absolute atomic E-state index is 5.02. The smallest absolute Gasteiger partial charge is 0.0934 e. The predicted molar refractivity (Wildman–Crippen MR) is 149 cm³/mol. The largest absolute Gasteiger partial charge is 0.311 e. The molecule has 0 spiro atoms. The highest BCUT2D eigenvalue weighted by atomic mass is 15.3. The molecule has 6 rings (SSSR count). The SMILES string of the molecule is c1ccc(-c2cc(-c3ccccc3)n(-c3ccc(N(c4ccccc4)c4ccccc4)cc3)n2)cc1. The molecular weight excluding hydrogens is 438 g/mol. The van der Waals surface area contributed by atoms with E-state index in [1.165, 1.54) is 0 Å². The van der Waals surface area contributed by atoms with Crippen molar-refractivity contribution < 1.29 is 0 Å². The minimum absolute atomic E-state index is 0.953. The van der Waals surface area contributed by atoms with Crippen LogP contribution in [0.25, 0.3) is 28.2 Å². The summed E-state index contributed by atoms with van der Waals surface area (Å²) in [6, 6.07) is 52.4. The maximum atomic E-state index is 5.02. The van der Waals surface area contributed by atoms with Crippen molar-refractivity contribution in [2.75, 3.05) is 4.90 Å². The molecule has 0 fully saturated rings. The molecule has 6 aromatic rings. The highest BCUT2D eigenvalue weighted by Crippen LogP contribution is 2.35. The third-order valence-electron chi connectivity index (χ3n) is 6.23. The molecular formula is C33H25N3. The van der Waals surface area contributed by atoms with Crippen LogP contribution in [0.5, 0.6) is 0 Å². The average Bonchev–Trinajstić information content (AvgIpc) is 3.42. The molecule has 0 N–H and O–H groups in total. The molecule has 0 saturated heterocycles. The van der Waals surface area contributed by atoms with Gasteiger partial charge in [0.15, 0.2) is 0 Å². The zero-order valence-electron chi connectivity index (χ0n) is 19.8. The van der Waals surface area contributed by atoms with E-state index in [2.05, 4.69) is 120 Å². The third kappa shape index (κ3) is 4.30. The number of para-hydroxylation sites is 2. The number of aromatic nitrogens is 2. The Bertz CT molecular complexity index is 1500. The number of rotatable bonds is 6. The molecule has 0 aliphatic rings. The molecule has 3 heteroatoms. The molecule has 1 aromatic heterocycles. The van der Waals surface area contributed by atoms with E-state index >= 15 is 0 Å². The highest BCUT2D eigenvalue weighted by Gasteiger charge is 2.15. The molecule has 0 radical (unpaired) electrons. The summed E-state index contributed by atoms with van der Waals surface area (Å²) in [6.45, 7) is 0. The summed E-state index contributed by atoms with van der Waals surface area (Å²) in [7, 11) is 0. The van der Waals surface area contributed by atoms with Crippen molar-refractivity contribution in [2.24, 2.45) is 0 Å². The maximum Gasteiger partial charge on any atom is 0.0934 e. The normalized spacial score (nSPS) is 10.8. The summed E-state index contributed by atoms with van der Waals surface area (Å²) in [5.74, 6) is 0. The van der Waals surface area contributed by atoms with Crippen LogP contribution in [-0.2, 0) is 0 Å². The Morgan fingerprint density at radius 2 is 0.889 bits per heavy atom. The Labute approximate surface area is 211 Å². The highest BCUT2D eigenvalue weighted by molar-refractivity contribution is 5.77. The second-order valence-electron chi connectivity index (χ2n) is 8.58. The van der Waals surface area contributed by atoms with E-state index in [4.69, 9.17) is 5.10 Å². The van der Waals surface area contributed by atoms with Crippen LogP contribution in [0, 0.1) is 0 Å². The third-order valence-corrected chi connectivity index (χ3v) is 6.23. The number of hydrogen-bond donors (Lipinski definition) is 0. The van der Waals surface area contributed by atoms with Crippen LogP contribution >= 0.6 is 0 Å². The minimum Gasteiger partial charge on any atom is -0.311 e. The predicted octanol–water partition coefficient (Wildman–Crippen LogP) is 8.68. The van der Waals surface area contributed by atoms with Crippen molar-refractivity contribution in [3.63, 3.8) is 0 Å². The van der Waals surface area contributed by atoms with Gasteiger partial charge in [0.2, 0.25) is 0 Å². The summed E-state index contributed by atoms with van der Waals surface area (Å²) >= 11 is 0. The van der Waals surface area contributed by atoms with Crippen LogP contribution in [-0.4, -0.2) is 9.78 Å². The van der Waals surface area contributed by atoms with Gasteiger partial charge >= 0.3 is 0 Å². The first kappa shape index (κ1) is 21.6. The van der Waals surface area contributed by atoms with Gasteiger partial charge in [0.05, 0.1) is 17.1 Å². The Balaban J connectivity index is 1.44. The summed E-state index contributed by atoms with van der Waals surface area (Å²) in [5.41, 5.74) is 8.59. The minimum atomic E-state index is 0.953. The van der Waals surface area contributed by atoms with E-state index in [9.17, 15) is 0 Å². The van der Waals surface area contributed by atoms with Crippen molar-refractivity contribution in [3.05, 3.63) is 152 Å². The molecule has 0 atom stereocenters. The molecule has 0 amide bonds. The van der Waals surface area contributed by atoms with Crippen molar-refractivity contribution in [3.8, 4) is 28.2 Å². The summed E-state index contributed by atoms with van der Waals surface area (Å²) in [4.78, 5) is 2.26. The van der Waals surface area contributed by atoms with Gasteiger partial charge in [-0.3, -0.25) is 0 Å². The second-order valence-corrected chi connectivity index (χ2v) is 8.58. The van der Waals surface area contributed by atoms with Crippen molar-refractivity contribution >= 4 is 17.1 Å². The van der Waals surface area contributed by atoms with E-state index in [0.717, 1.165) is 45.3 Å². The molecule has 5 aromatic carbocycles. The Kier molecular flexibility index (Phi) is 5.87. The van der Waals surface area contributed by atoms with Crippen molar-refractivity contribution in [1.29, 1.82) is 0 Å². The average molecular weight is 464 g/mol. The van der Waals surface area contributed by atoms with Crippen LogP contribution in [0.15, 0.2) is 152 Å². The van der Waals surface area contributed by atoms with Gasteiger partial charge in [0.25, 0.3) is 0 Å². The van der Waals surface area contributed by atoms with Gasteiger partial charge in [-0.2, -0.15) is 5.10 Å². The lowest BCUT2D eigenvalue weighted by Gasteiger charge is -2.25. The molecule has 0 bridgehead atoms. The van der Waals surface area contributed by atoms with Gasteiger partial charge in [0.1, 0.15) is 0 Å². The summed E-state index contributed by atoms with van der Waals surface area (Å²) in [6.07, 6.45) is 0. The van der Waals surface area contributed by atoms with Gasteiger partial charge < -0.3 is 4.90 Å². The van der Waals surface area contributed by atoms with Gasteiger partial charge in [-0.1, -0.05) is 97.1 Å². The summed E-state index contributed by atoms with van der Waals surface area (Å²) < 4.78 is 2.04. The van der Waals surface area contributed by atoms with E-state index in [0.29, 0.717) is 0 Å². The number of nitrogens with zero attached hydrogens (tertiary/aromatic N) is 3. The number of anilines is 3. The molecule has 1 heterocycles. The first-order valence-electron chi connectivity index (χ1n) is 12.1. The van der Waals surface area contributed by atoms with Crippen molar-refractivity contribution in [1.82, 2.24) is 9.78 Å². The van der Waals surface area contributed by atoms with Crippen molar-refractivity contribution in [2.45, 2.75) is 0 Å². The lowest BCUT2D eigenvalue weighted by Crippen LogP contribution is -2.10. The van der Waals surface area contributed by atoms with E-state index in [1.807, 2.05) is 41.1 Å².